The fourth-order valence-electron chi connectivity index (χ4n) is 3.64. The number of nitrogens with zero attached hydrogens (tertiary/aromatic N) is 6. The minimum Gasteiger partial charge on any atom is -0.356 e. The number of aryl methyl sites for hydroxylation is 1. The fourth-order valence-corrected chi connectivity index (χ4v) is 5.31. The van der Waals surface area contributed by atoms with E-state index in [4.69, 9.17) is 0 Å². The smallest absolute Gasteiger partial charge is 0.211 e. The maximum Gasteiger partial charge on any atom is 0.211 e. The highest BCUT2D eigenvalue weighted by atomic mass is 32.2. The monoisotopic (exact) mass is 429 g/mol. The van der Waals surface area contributed by atoms with E-state index in [9.17, 15) is 8.42 Å². The van der Waals surface area contributed by atoms with Gasteiger partial charge in [0.05, 0.1) is 6.26 Å². The molecule has 0 saturated carbocycles. The second-order valence-corrected chi connectivity index (χ2v) is 10.1. The second-order valence-electron chi connectivity index (χ2n) is 7.35. The molecule has 9 nitrogen and oxygen atoms in total. The van der Waals surface area contributed by atoms with E-state index in [1.807, 2.05) is 7.05 Å². The zero-order valence-corrected chi connectivity index (χ0v) is 18.6. The van der Waals surface area contributed by atoms with E-state index in [1.54, 1.807) is 4.31 Å². The average Bonchev–Trinajstić information content (AvgIpc) is 3.18. The van der Waals surface area contributed by atoms with Crippen LogP contribution in [0.4, 0.5) is 5.13 Å². The van der Waals surface area contributed by atoms with Crippen molar-refractivity contribution in [3.05, 3.63) is 5.82 Å². The number of piperazine rings is 1. The largest absolute Gasteiger partial charge is 0.356 e. The summed E-state index contributed by atoms with van der Waals surface area (Å²) in [5.74, 6) is 2.32. The Kier molecular flexibility index (Phi) is 7.10. The molecule has 2 saturated heterocycles. The van der Waals surface area contributed by atoms with Gasteiger partial charge in [0.2, 0.25) is 15.2 Å². The normalized spacial score (nSPS) is 20.6. The summed E-state index contributed by atoms with van der Waals surface area (Å²) in [4.78, 5) is 13.6. The lowest BCUT2D eigenvalue weighted by molar-refractivity contribution is 0.271. The van der Waals surface area contributed by atoms with Crippen molar-refractivity contribution in [2.24, 2.45) is 10.9 Å². The number of aliphatic imine (C=N–C) groups is 1. The summed E-state index contributed by atoms with van der Waals surface area (Å²) in [7, 11) is -1.24. The molecule has 0 aliphatic carbocycles. The highest BCUT2D eigenvalue weighted by Crippen LogP contribution is 2.20. The molecule has 0 unspecified atom stereocenters. The third kappa shape index (κ3) is 5.32. The lowest BCUT2D eigenvalue weighted by Gasteiger charge is -2.37. The molecule has 2 aliphatic heterocycles. The number of sulfonamides is 1. The Morgan fingerprint density at radius 2 is 1.89 bits per heavy atom. The first-order valence-electron chi connectivity index (χ1n) is 9.89. The number of piperidine rings is 1. The van der Waals surface area contributed by atoms with Gasteiger partial charge in [0.25, 0.3) is 0 Å². The van der Waals surface area contributed by atoms with E-state index in [-0.39, 0.29) is 0 Å². The highest BCUT2D eigenvalue weighted by molar-refractivity contribution is 7.88. The van der Waals surface area contributed by atoms with E-state index in [2.05, 4.69) is 36.4 Å². The van der Waals surface area contributed by atoms with Gasteiger partial charge in [-0.1, -0.05) is 6.92 Å². The van der Waals surface area contributed by atoms with E-state index < -0.39 is 10.0 Å². The molecule has 1 N–H and O–H groups in total. The molecule has 0 radical (unpaired) electrons. The first-order chi connectivity index (χ1) is 13.4. The molecule has 1 aromatic rings. The number of guanidine groups is 1. The van der Waals surface area contributed by atoms with Gasteiger partial charge in [-0.25, -0.2) is 17.7 Å². The quantitative estimate of drug-likeness (QED) is 0.537. The molecule has 11 heteroatoms. The van der Waals surface area contributed by atoms with Gasteiger partial charge in [-0.2, -0.15) is 4.37 Å². The first-order valence-corrected chi connectivity index (χ1v) is 12.5. The van der Waals surface area contributed by atoms with Gasteiger partial charge in [0, 0.05) is 70.8 Å². The van der Waals surface area contributed by atoms with Gasteiger partial charge in [-0.3, -0.25) is 4.99 Å². The number of aromatic nitrogens is 2. The lowest BCUT2D eigenvalue weighted by Crippen LogP contribution is -2.53. The predicted molar refractivity (Wildman–Crippen MR) is 114 cm³/mol. The van der Waals surface area contributed by atoms with E-state index in [0.29, 0.717) is 19.0 Å². The van der Waals surface area contributed by atoms with Crippen LogP contribution in [0.3, 0.4) is 0 Å². The van der Waals surface area contributed by atoms with Crippen LogP contribution in [0.1, 0.15) is 25.6 Å². The molecule has 0 amide bonds. The number of nitrogens with one attached hydrogen (secondary N) is 1. The van der Waals surface area contributed by atoms with E-state index in [0.717, 1.165) is 68.9 Å². The standard InChI is InChI=1S/C17H31N7O2S2/c1-4-15-20-17(27-21-15)23-11-9-22(10-12-23)16(18-2)19-13-14-5-7-24(8-6-14)28(3,25)26/h14H,4-13H2,1-3H3,(H,18,19). The van der Waals surface area contributed by atoms with Gasteiger partial charge < -0.3 is 15.1 Å². The van der Waals surface area contributed by atoms with Crippen LogP contribution in [0.5, 0.6) is 0 Å². The van der Waals surface area contributed by atoms with Crippen molar-refractivity contribution in [3.8, 4) is 0 Å². The van der Waals surface area contributed by atoms with Crippen molar-refractivity contribution < 1.29 is 8.42 Å². The molecule has 28 heavy (non-hydrogen) atoms. The summed E-state index contributed by atoms with van der Waals surface area (Å²) in [6.07, 6.45) is 3.94. The minimum absolute atomic E-state index is 0.477. The van der Waals surface area contributed by atoms with Crippen molar-refractivity contribution in [3.63, 3.8) is 0 Å². The Hall–Kier alpha value is -1.46. The molecule has 0 aromatic carbocycles. The Morgan fingerprint density at radius 3 is 2.43 bits per heavy atom. The molecule has 1 aromatic heterocycles. The zero-order chi connectivity index (χ0) is 20.1. The first kappa shape index (κ1) is 21.3. The maximum absolute atomic E-state index is 11.6. The molecule has 0 atom stereocenters. The van der Waals surface area contributed by atoms with Crippen molar-refractivity contribution in [2.75, 3.05) is 64.0 Å². The minimum atomic E-state index is -3.06. The fraction of sp³-hybridized carbons (Fsp3) is 0.824. The summed E-state index contributed by atoms with van der Waals surface area (Å²) >= 11 is 1.48. The number of anilines is 1. The molecular formula is C17H31N7O2S2. The highest BCUT2D eigenvalue weighted by Gasteiger charge is 2.26. The summed E-state index contributed by atoms with van der Waals surface area (Å²) in [6, 6.07) is 0. The van der Waals surface area contributed by atoms with Crippen molar-refractivity contribution in [1.29, 1.82) is 0 Å². The molecule has 158 valence electrons. The van der Waals surface area contributed by atoms with Gasteiger partial charge in [0.15, 0.2) is 5.96 Å². The SMILES string of the molecule is CCc1nsc(N2CCN(C(=NC)NCC3CCN(S(C)(=O)=O)CC3)CC2)n1. The molecule has 3 rings (SSSR count). The molecule has 2 aliphatic rings. The molecular weight excluding hydrogens is 398 g/mol. The van der Waals surface area contributed by atoms with Crippen LogP contribution in [0.2, 0.25) is 0 Å². The lowest BCUT2D eigenvalue weighted by atomic mass is 9.98. The number of hydrogen-bond acceptors (Lipinski definition) is 7. The molecule has 0 bridgehead atoms. The predicted octanol–water partition coefficient (Wildman–Crippen LogP) is 0.470. The molecule has 2 fully saturated rings. The molecule has 0 spiro atoms. The Morgan fingerprint density at radius 1 is 1.21 bits per heavy atom. The Balaban J connectivity index is 1.44. The molecule has 3 heterocycles. The van der Waals surface area contributed by atoms with Gasteiger partial charge in [-0.05, 0) is 18.8 Å². The van der Waals surface area contributed by atoms with Crippen molar-refractivity contribution in [1.82, 2.24) is 23.9 Å². The third-order valence-electron chi connectivity index (χ3n) is 5.43. The topological polar surface area (TPSA) is 94.0 Å². The van der Waals surface area contributed by atoms with Crippen LogP contribution < -0.4 is 10.2 Å². The second kappa shape index (κ2) is 9.36. The number of hydrogen-bond donors (Lipinski definition) is 1. The van der Waals surface area contributed by atoms with Crippen LogP contribution in [-0.2, 0) is 16.4 Å². The Bertz CT molecular complexity index is 764. The van der Waals surface area contributed by atoms with Crippen LogP contribution in [0.15, 0.2) is 4.99 Å². The average molecular weight is 430 g/mol. The van der Waals surface area contributed by atoms with Gasteiger partial charge in [-0.15, -0.1) is 0 Å². The number of rotatable bonds is 5. The van der Waals surface area contributed by atoms with Crippen LogP contribution in [-0.4, -0.2) is 92.1 Å². The van der Waals surface area contributed by atoms with Crippen LogP contribution in [0.25, 0.3) is 0 Å². The summed E-state index contributed by atoms with van der Waals surface area (Å²) in [6.45, 7) is 7.75. The summed E-state index contributed by atoms with van der Waals surface area (Å²) in [5.41, 5.74) is 0. The third-order valence-corrected chi connectivity index (χ3v) is 7.54. The summed E-state index contributed by atoms with van der Waals surface area (Å²) < 4.78 is 29.2. The maximum atomic E-state index is 11.6. The Labute approximate surface area is 172 Å². The van der Waals surface area contributed by atoms with Crippen LogP contribution >= 0.6 is 11.5 Å². The van der Waals surface area contributed by atoms with Gasteiger partial charge >= 0.3 is 0 Å². The van der Waals surface area contributed by atoms with E-state index in [1.165, 1.54) is 17.8 Å². The van der Waals surface area contributed by atoms with Crippen LogP contribution in [0, 0.1) is 5.92 Å². The van der Waals surface area contributed by atoms with Crippen molar-refractivity contribution in [2.45, 2.75) is 26.2 Å². The zero-order valence-electron chi connectivity index (χ0n) is 17.0. The van der Waals surface area contributed by atoms with E-state index >= 15 is 0 Å². The van der Waals surface area contributed by atoms with Crippen molar-refractivity contribution >= 4 is 32.6 Å². The van der Waals surface area contributed by atoms with Gasteiger partial charge in [0.1, 0.15) is 5.82 Å². The summed E-state index contributed by atoms with van der Waals surface area (Å²) in [5, 5.41) is 4.51.